The Morgan fingerprint density at radius 3 is 1.22 bits per heavy atom. The van der Waals surface area contributed by atoms with Gasteiger partial charge in [0.05, 0.1) is 16.4 Å². The first-order valence-electron chi connectivity index (χ1n) is 27.9. The summed E-state index contributed by atoms with van der Waals surface area (Å²) in [6.07, 6.45) is 5.54. The molecule has 0 amide bonds. The van der Waals surface area contributed by atoms with Gasteiger partial charge in [0.1, 0.15) is 0 Å². The normalized spacial score (nSPS) is 12.0. The molecule has 14 aromatic rings. The summed E-state index contributed by atoms with van der Waals surface area (Å²) >= 11 is 0. The van der Waals surface area contributed by atoms with Gasteiger partial charge in [0.15, 0.2) is 0 Å². The Morgan fingerprint density at radius 1 is 0.289 bits per heavy atom. The van der Waals surface area contributed by atoms with E-state index < -0.39 is 0 Å². The van der Waals surface area contributed by atoms with Crippen LogP contribution >= 0.6 is 0 Å². The summed E-state index contributed by atoms with van der Waals surface area (Å²) in [4.78, 5) is 13.6. The Labute approximate surface area is 499 Å². The molecule has 0 bridgehead atoms. The first kappa shape index (κ1) is 53.7. The Balaban J connectivity index is 0.000000146. The molecule has 0 spiro atoms. The number of benzene rings is 11. The number of hydrogen-bond donors (Lipinski definition) is 0. The Hall–Kier alpha value is -9.96. The smallest absolute Gasteiger partial charge is 0.0970 e. The van der Waals surface area contributed by atoms with Crippen molar-refractivity contribution in [1.29, 1.82) is 0 Å². The van der Waals surface area contributed by atoms with Crippen LogP contribution in [0.15, 0.2) is 334 Å². The molecule has 15 rings (SSSR count). The Bertz CT molecular complexity index is 4210. The molecule has 397 valence electrons. The van der Waals surface area contributed by atoms with Gasteiger partial charge in [-0.1, -0.05) is 273 Å². The van der Waals surface area contributed by atoms with Crippen LogP contribution in [0.2, 0.25) is 0 Å². The van der Waals surface area contributed by atoms with E-state index in [-0.39, 0.29) is 31.4 Å². The minimum atomic E-state index is -0.382. The molecule has 1 atom stereocenters. The second-order valence-electron chi connectivity index (χ2n) is 20.5. The van der Waals surface area contributed by atoms with Gasteiger partial charge in [-0.05, 0) is 107 Å². The summed E-state index contributed by atoms with van der Waals surface area (Å²) in [5.41, 5.74) is 22.5. The summed E-state index contributed by atoms with van der Waals surface area (Å²) < 4.78 is 0. The van der Waals surface area contributed by atoms with E-state index in [9.17, 15) is 0 Å². The zero-order valence-electron chi connectivity index (χ0n) is 45.5. The van der Waals surface area contributed by atoms with Crippen LogP contribution in [-0.2, 0) is 25.5 Å². The molecule has 1 unspecified atom stereocenters. The summed E-state index contributed by atoms with van der Waals surface area (Å²) in [6.45, 7) is 0. The molecule has 4 heteroatoms. The molecule has 1 aliphatic rings. The van der Waals surface area contributed by atoms with Crippen molar-refractivity contribution in [3.63, 3.8) is 0 Å². The number of pyridine rings is 3. The van der Waals surface area contributed by atoms with E-state index in [2.05, 4.69) is 282 Å². The van der Waals surface area contributed by atoms with Gasteiger partial charge in [-0.25, -0.2) is 0 Å². The molecule has 1 radical (unpaired) electrons. The molecule has 3 nitrogen and oxygen atoms in total. The minimum absolute atomic E-state index is 0. The fourth-order valence-corrected chi connectivity index (χ4v) is 12.0. The Kier molecular flexibility index (Phi) is 16.0. The van der Waals surface area contributed by atoms with Crippen molar-refractivity contribution in [2.75, 3.05) is 0 Å². The van der Waals surface area contributed by atoms with E-state index in [1.54, 1.807) is 6.20 Å². The standard InChI is InChI=1S/C44H32.C24H16N2.C11H8N.Ir/c1-4-14-32(15-5-1)33-24-26-35(27-25-33)43(34-16-6-2-7-17-34)36-28-30-38(31-29-36)44(37-18-8-3-9-19-37)41-22-12-10-20-39(41)40-21-11-13-23-42(40)44;1-3-7-17(8-4-1)19-13-15-25-23-21(19)11-12-22-20(14-16-26-24(22)23)18-9-5-2-6-10-18;1-2-6-10(7-3-1)11-8-4-5-9-12-11;/h1-31,43H;1-16H;1-6,8-9H;/q;;-1;. The zero-order valence-corrected chi connectivity index (χ0v) is 47.9. The fourth-order valence-electron chi connectivity index (χ4n) is 12.0. The topological polar surface area (TPSA) is 38.7 Å². The molecule has 0 saturated heterocycles. The molecular formula is C79H56IrN3-. The monoisotopic (exact) mass is 1240 g/mol. The first-order chi connectivity index (χ1) is 40.7. The largest absolute Gasteiger partial charge is 0.305 e. The van der Waals surface area contributed by atoms with E-state index in [0.717, 1.165) is 33.1 Å². The molecule has 11 aromatic carbocycles. The Morgan fingerprint density at radius 2 is 0.711 bits per heavy atom. The van der Waals surface area contributed by atoms with E-state index >= 15 is 0 Å². The predicted molar refractivity (Wildman–Crippen MR) is 339 cm³/mol. The minimum Gasteiger partial charge on any atom is -0.305 e. The predicted octanol–water partition coefficient (Wildman–Crippen LogP) is 19.6. The van der Waals surface area contributed by atoms with Crippen LogP contribution in [-0.4, -0.2) is 15.0 Å². The molecular weight excluding hydrogens is 1180 g/mol. The van der Waals surface area contributed by atoms with Gasteiger partial charge in [-0.15, -0.1) is 35.9 Å². The van der Waals surface area contributed by atoms with Gasteiger partial charge >= 0.3 is 0 Å². The van der Waals surface area contributed by atoms with Crippen LogP contribution in [0.5, 0.6) is 0 Å². The van der Waals surface area contributed by atoms with Crippen molar-refractivity contribution in [1.82, 2.24) is 15.0 Å². The van der Waals surface area contributed by atoms with Crippen molar-refractivity contribution in [2.24, 2.45) is 0 Å². The molecule has 0 aliphatic heterocycles. The van der Waals surface area contributed by atoms with E-state index in [0.29, 0.717) is 0 Å². The summed E-state index contributed by atoms with van der Waals surface area (Å²) in [7, 11) is 0. The fraction of sp³-hybridized carbons (Fsp3) is 0.0253. The van der Waals surface area contributed by atoms with Gasteiger partial charge < -0.3 is 4.98 Å². The molecule has 83 heavy (non-hydrogen) atoms. The zero-order chi connectivity index (χ0) is 54.9. The van der Waals surface area contributed by atoms with Gasteiger partial charge in [-0.2, -0.15) is 0 Å². The third-order valence-electron chi connectivity index (χ3n) is 15.8. The summed E-state index contributed by atoms with van der Waals surface area (Å²) in [5, 5.41) is 2.26. The van der Waals surface area contributed by atoms with Crippen LogP contribution < -0.4 is 0 Å². The molecule has 0 N–H and O–H groups in total. The van der Waals surface area contributed by atoms with Crippen molar-refractivity contribution < 1.29 is 20.1 Å². The maximum Gasteiger partial charge on any atom is 0.0970 e. The van der Waals surface area contributed by atoms with E-state index in [4.69, 9.17) is 0 Å². The number of nitrogens with zero attached hydrogens (tertiary/aromatic N) is 3. The van der Waals surface area contributed by atoms with Crippen molar-refractivity contribution >= 4 is 21.8 Å². The van der Waals surface area contributed by atoms with Gasteiger partial charge in [0.2, 0.25) is 0 Å². The summed E-state index contributed by atoms with van der Waals surface area (Å²) in [5.74, 6) is 0.130. The number of aromatic nitrogens is 3. The van der Waals surface area contributed by atoms with Crippen LogP contribution in [0.3, 0.4) is 0 Å². The second-order valence-corrected chi connectivity index (χ2v) is 20.5. The van der Waals surface area contributed by atoms with Gasteiger partial charge in [-0.3, -0.25) is 9.97 Å². The summed E-state index contributed by atoms with van der Waals surface area (Å²) in [6, 6.07) is 115. The van der Waals surface area contributed by atoms with Crippen molar-refractivity contribution in [2.45, 2.75) is 11.3 Å². The maximum atomic E-state index is 4.67. The maximum absolute atomic E-state index is 4.67. The average molecular weight is 1240 g/mol. The number of hydrogen-bond acceptors (Lipinski definition) is 3. The van der Waals surface area contributed by atoms with Gasteiger partial charge in [0, 0.05) is 55.4 Å². The van der Waals surface area contributed by atoms with Crippen LogP contribution in [0, 0.1) is 6.07 Å². The third kappa shape index (κ3) is 10.8. The molecule has 1 aliphatic carbocycles. The number of rotatable bonds is 9. The second kappa shape index (κ2) is 24.8. The third-order valence-corrected chi connectivity index (χ3v) is 15.8. The van der Waals surface area contributed by atoms with Crippen LogP contribution in [0.1, 0.15) is 44.9 Å². The van der Waals surface area contributed by atoms with Gasteiger partial charge in [0.25, 0.3) is 0 Å². The quantitative estimate of drug-likeness (QED) is 0.0821. The SMILES string of the molecule is [Ir].[c-]1ccccc1-c1ccccn1.c1ccc(-c2ccc(C(c3ccccc3)c3ccc(C4(c5ccccc5)c5ccccc5-c5ccccc54)cc3)cc2)cc1.c1ccc(-c2ccnc3c2ccc2c(-c4ccccc4)ccnc23)cc1. The first-order valence-corrected chi connectivity index (χ1v) is 27.9. The molecule has 0 saturated carbocycles. The van der Waals surface area contributed by atoms with E-state index in [1.807, 2.05) is 67.0 Å². The van der Waals surface area contributed by atoms with E-state index in [1.165, 1.54) is 83.5 Å². The van der Waals surface area contributed by atoms with Crippen LogP contribution in [0.4, 0.5) is 0 Å². The molecule has 3 heterocycles. The van der Waals surface area contributed by atoms with Crippen molar-refractivity contribution in [3.8, 4) is 55.8 Å². The molecule has 3 aromatic heterocycles. The number of fused-ring (bicyclic) bond motifs is 6. The van der Waals surface area contributed by atoms with Crippen LogP contribution in [0.25, 0.3) is 77.6 Å². The molecule has 0 fully saturated rings. The van der Waals surface area contributed by atoms with Crippen molar-refractivity contribution in [3.05, 3.63) is 379 Å². The average Bonchev–Trinajstić information content (AvgIpc) is 1.88.